The van der Waals surface area contributed by atoms with Crippen molar-refractivity contribution in [2.45, 2.75) is 6.18 Å². The average Bonchev–Trinajstić information content (AvgIpc) is 2.46. The van der Waals surface area contributed by atoms with Crippen LogP contribution in [-0.2, 0) is 11.0 Å². The van der Waals surface area contributed by atoms with Crippen LogP contribution >= 0.6 is 11.6 Å². The molecule has 1 aromatic carbocycles. The van der Waals surface area contributed by atoms with Gasteiger partial charge >= 0.3 is 6.18 Å². The van der Waals surface area contributed by atoms with Gasteiger partial charge in [-0.25, -0.2) is 0 Å². The summed E-state index contributed by atoms with van der Waals surface area (Å²) in [6, 6.07) is 6.19. The number of pyridine rings is 1. The highest BCUT2D eigenvalue weighted by atomic mass is 35.5. The molecule has 7 heteroatoms. The third-order valence-electron chi connectivity index (χ3n) is 2.67. The Morgan fingerprint density at radius 2 is 2.05 bits per heavy atom. The van der Waals surface area contributed by atoms with Crippen LogP contribution in [0.5, 0.6) is 0 Å². The van der Waals surface area contributed by atoms with Crippen LogP contribution in [-0.4, -0.2) is 10.9 Å². The van der Waals surface area contributed by atoms with Crippen LogP contribution in [0, 0.1) is 0 Å². The second-order valence-electron chi connectivity index (χ2n) is 4.30. The maximum absolute atomic E-state index is 12.6. The van der Waals surface area contributed by atoms with Crippen LogP contribution in [0.4, 0.5) is 18.9 Å². The Balaban J connectivity index is 2.14. The number of nitrogens with one attached hydrogen (secondary N) is 1. The maximum Gasteiger partial charge on any atom is 0.416 e. The summed E-state index contributed by atoms with van der Waals surface area (Å²) in [6.07, 6.45) is 0.861. The molecule has 0 saturated heterocycles. The summed E-state index contributed by atoms with van der Waals surface area (Å²) in [7, 11) is 0. The fourth-order valence-electron chi connectivity index (χ4n) is 1.63. The number of aromatic nitrogens is 1. The Labute approximate surface area is 129 Å². The van der Waals surface area contributed by atoms with Crippen molar-refractivity contribution in [2.24, 2.45) is 0 Å². The standard InChI is InChI=1S/C15H10ClF3N2O/c16-13-5-4-11(15(17,18)19)8-10(13)3-6-14(22)21-12-2-1-7-20-9-12/h1-9H,(H,21,22)/b6-3-. The van der Waals surface area contributed by atoms with Gasteiger partial charge in [0.1, 0.15) is 0 Å². The van der Waals surface area contributed by atoms with Crippen LogP contribution in [0.3, 0.4) is 0 Å². The van der Waals surface area contributed by atoms with Crippen LogP contribution < -0.4 is 5.32 Å². The molecule has 2 aromatic rings. The fourth-order valence-corrected chi connectivity index (χ4v) is 1.81. The third-order valence-corrected chi connectivity index (χ3v) is 3.01. The van der Waals surface area contributed by atoms with Gasteiger partial charge in [0.15, 0.2) is 0 Å². The smallest absolute Gasteiger partial charge is 0.321 e. The zero-order valence-electron chi connectivity index (χ0n) is 11.1. The van der Waals surface area contributed by atoms with Gasteiger partial charge in [0.05, 0.1) is 17.4 Å². The number of alkyl halides is 3. The molecule has 1 N–H and O–H groups in total. The lowest BCUT2D eigenvalue weighted by atomic mass is 10.1. The van der Waals surface area contributed by atoms with Crippen LogP contribution in [0.1, 0.15) is 11.1 Å². The van der Waals surface area contributed by atoms with E-state index in [0.29, 0.717) is 5.69 Å². The van der Waals surface area contributed by atoms with Crippen LogP contribution in [0.2, 0.25) is 5.02 Å². The predicted octanol–water partition coefficient (Wildman–Crippen LogP) is 4.41. The van der Waals surface area contributed by atoms with Crippen molar-refractivity contribution in [3.63, 3.8) is 0 Å². The van der Waals surface area contributed by atoms with Crippen molar-refractivity contribution in [1.82, 2.24) is 4.98 Å². The lowest BCUT2D eigenvalue weighted by Crippen LogP contribution is -2.08. The molecule has 0 unspecified atom stereocenters. The molecule has 0 radical (unpaired) electrons. The molecule has 1 aromatic heterocycles. The molecule has 22 heavy (non-hydrogen) atoms. The third kappa shape index (κ3) is 4.33. The SMILES string of the molecule is O=C(/C=C\c1cc(C(F)(F)F)ccc1Cl)Nc1cccnc1. The van der Waals surface area contributed by atoms with E-state index < -0.39 is 17.6 Å². The van der Waals surface area contributed by atoms with Crippen LogP contribution in [0.25, 0.3) is 6.08 Å². The van der Waals surface area contributed by atoms with E-state index in [1.807, 2.05) is 0 Å². The predicted molar refractivity (Wildman–Crippen MR) is 78.4 cm³/mol. The monoisotopic (exact) mass is 326 g/mol. The van der Waals surface area contributed by atoms with Gasteiger partial charge in [-0.3, -0.25) is 9.78 Å². The van der Waals surface area contributed by atoms with Crippen molar-refractivity contribution in [3.8, 4) is 0 Å². The lowest BCUT2D eigenvalue weighted by molar-refractivity contribution is -0.137. The number of nitrogens with zero attached hydrogens (tertiary/aromatic N) is 1. The van der Waals surface area contributed by atoms with E-state index >= 15 is 0 Å². The van der Waals surface area contributed by atoms with Gasteiger partial charge in [-0.1, -0.05) is 11.6 Å². The average molecular weight is 327 g/mol. The Morgan fingerprint density at radius 3 is 2.68 bits per heavy atom. The van der Waals surface area contributed by atoms with E-state index in [-0.39, 0.29) is 10.6 Å². The van der Waals surface area contributed by atoms with Gasteiger partial charge in [0.2, 0.25) is 5.91 Å². The van der Waals surface area contributed by atoms with E-state index in [0.717, 1.165) is 24.3 Å². The molecule has 0 aliphatic heterocycles. The van der Waals surface area contributed by atoms with E-state index in [4.69, 9.17) is 11.6 Å². The minimum atomic E-state index is -4.47. The van der Waals surface area contributed by atoms with E-state index in [2.05, 4.69) is 10.3 Å². The molecule has 114 valence electrons. The summed E-state index contributed by atoms with van der Waals surface area (Å²) in [5.41, 5.74) is -0.241. The molecular formula is C15H10ClF3N2O. The summed E-state index contributed by atoms with van der Waals surface area (Å²) in [6.45, 7) is 0. The first-order chi connectivity index (χ1) is 10.4. The first-order valence-electron chi connectivity index (χ1n) is 6.12. The van der Waals surface area contributed by atoms with Gasteiger partial charge in [0.25, 0.3) is 0 Å². The van der Waals surface area contributed by atoms with Crippen molar-refractivity contribution in [2.75, 3.05) is 5.32 Å². The normalized spacial score (nSPS) is 11.6. The summed E-state index contributed by atoms with van der Waals surface area (Å²) >= 11 is 5.83. The molecule has 0 aliphatic carbocycles. The number of rotatable bonds is 3. The molecule has 1 amide bonds. The van der Waals surface area contributed by atoms with Gasteiger partial charge < -0.3 is 5.32 Å². The highest BCUT2D eigenvalue weighted by molar-refractivity contribution is 6.32. The van der Waals surface area contributed by atoms with Gasteiger partial charge in [-0.2, -0.15) is 13.2 Å². The van der Waals surface area contributed by atoms with Crippen LogP contribution in [0.15, 0.2) is 48.8 Å². The van der Waals surface area contributed by atoms with Crippen molar-refractivity contribution in [1.29, 1.82) is 0 Å². The summed E-state index contributed by atoms with van der Waals surface area (Å²) in [4.78, 5) is 15.5. The summed E-state index contributed by atoms with van der Waals surface area (Å²) in [5, 5.41) is 2.65. The number of hydrogen-bond acceptors (Lipinski definition) is 2. The molecule has 0 saturated carbocycles. The van der Waals surface area contributed by atoms with E-state index in [1.165, 1.54) is 12.3 Å². The molecule has 0 fully saturated rings. The zero-order valence-corrected chi connectivity index (χ0v) is 11.8. The molecule has 2 rings (SSSR count). The minimum absolute atomic E-state index is 0.109. The number of amides is 1. The largest absolute Gasteiger partial charge is 0.416 e. The van der Waals surface area contributed by atoms with E-state index in [9.17, 15) is 18.0 Å². The second kappa shape index (κ2) is 6.62. The van der Waals surface area contributed by atoms with Crippen molar-refractivity contribution < 1.29 is 18.0 Å². The highest BCUT2D eigenvalue weighted by Gasteiger charge is 2.30. The quantitative estimate of drug-likeness (QED) is 0.849. The molecule has 0 spiro atoms. The Kier molecular flexibility index (Phi) is 4.82. The molecule has 3 nitrogen and oxygen atoms in total. The molecule has 0 aliphatic rings. The molecule has 1 heterocycles. The summed E-state index contributed by atoms with van der Waals surface area (Å²) < 4.78 is 37.9. The maximum atomic E-state index is 12.6. The number of benzene rings is 1. The Bertz CT molecular complexity index is 700. The first kappa shape index (κ1) is 16.0. The lowest BCUT2D eigenvalue weighted by Gasteiger charge is -2.08. The van der Waals surface area contributed by atoms with Crippen molar-refractivity contribution >= 4 is 29.3 Å². The highest BCUT2D eigenvalue weighted by Crippen LogP contribution is 2.32. The number of hydrogen-bond donors (Lipinski definition) is 1. The van der Waals surface area contributed by atoms with Gasteiger partial charge in [-0.15, -0.1) is 0 Å². The van der Waals surface area contributed by atoms with E-state index in [1.54, 1.807) is 18.3 Å². The zero-order chi connectivity index (χ0) is 16.2. The Hall–Kier alpha value is -2.34. The number of carbonyl (C=O) groups excluding carboxylic acids is 1. The Morgan fingerprint density at radius 1 is 1.27 bits per heavy atom. The van der Waals surface area contributed by atoms with Gasteiger partial charge in [0, 0.05) is 17.3 Å². The number of anilines is 1. The summed E-state index contributed by atoms with van der Waals surface area (Å²) in [5.74, 6) is -0.499. The number of carbonyl (C=O) groups is 1. The number of halogens is 4. The van der Waals surface area contributed by atoms with Gasteiger partial charge in [-0.05, 0) is 42.0 Å². The first-order valence-corrected chi connectivity index (χ1v) is 6.50. The van der Waals surface area contributed by atoms with Crippen molar-refractivity contribution in [3.05, 3.63) is 65.0 Å². The molecular weight excluding hydrogens is 317 g/mol. The topological polar surface area (TPSA) is 42.0 Å². The minimum Gasteiger partial charge on any atom is -0.321 e. The fraction of sp³-hybridized carbons (Fsp3) is 0.0667. The molecule has 0 bridgehead atoms. The second-order valence-corrected chi connectivity index (χ2v) is 4.71. The molecule has 0 atom stereocenters.